The summed E-state index contributed by atoms with van der Waals surface area (Å²) in [6, 6.07) is 44.7. The van der Waals surface area contributed by atoms with E-state index in [4.69, 9.17) is 9.47 Å². The van der Waals surface area contributed by atoms with E-state index in [0.717, 1.165) is 97.2 Å². The van der Waals surface area contributed by atoms with Crippen LogP contribution in [0.15, 0.2) is 144 Å². The minimum absolute atomic E-state index is 0.137. The maximum Gasteiger partial charge on any atom is 0.411 e. The Balaban J connectivity index is 0.835. The largest absolute Gasteiger partial charge is 0.487 e. The first-order valence-electron chi connectivity index (χ1n) is 22.1. The minimum Gasteiger partial charge on any atom is -0.487 e. The quantitative estimate of drug-likeness (QED) is 0.0650. The maximum atomic E-state index is 13.1. The summed E-state index contributed by atoms with van der Waals surface area (Å²) in [7, 11) is 1.88. The van der Waals surface area contributed by atoms with Gasteiger partial charge in [0.25, 0.3) is 0 Å². The zero-order valence-corrected chi connectivity index (χ0v) is 36.2. The summed E-state index contributed by atoms with van der Waals surface area (Å²) in [5.41, 5.74) is 5.92. The highest BCUT2D eigenvalue weighted by Crippen LogP contribution is 2.32. The molecule has 1 aliphatic heterocycles. The van der Waals surface area contributed by atoms with Gasteiger partial charge in [0.15, 0.2) is 0 Å². The number of para-hydroxylation sites is 1. The molecule has 2 amide bonds. The first-order valence-corrected chi connectivity index (χ1v) is 22.1. The molecule has 0 spiro atoms. The molecule has 1 aliphatic rings. The lowest BCUT2D eigenvalue weighted by Crippen LogP contribution is -2.42. The number of aromatic amines is 1. The summed E-state index contributed by atoms with van der Waals surface area (Å²) in [4.78, 5) is 47.8. The molecule has 1 aromatic heterocycles. The van der Waals surface area contributed by atoms with Crippen LogP contribution < -0.4 is 15.6 Å². The number of rotatable bonds is 20. The lowest BCUT2D eigenvalue weighted by Gasteiger charge is -2.32. The number of fused-ring (bicyclic) bond motifs is 1. The van der Waals surface area contributed by atoms with E-state index >= 15 is 0 Å². The highest BCUT2D eigenvalue weighted by Gasteiger charge is 2.24. The van der Waals surface area contributed by atoms with Crippen LogP contribution in [0.2, 0.25) is 0 Å². The maximum absolute atomic E-state index is 13.1. The van der Waals surface area contributed by atoms with Crippen molar-refractivity contribution in [3.63, 3.8) is 0 Å². The molecular weight excluding hydrogens is 791 g/mol. The monoisotopic (exact) mass is 849 g/mol. The highest BCUT2D eigenvalue weighted by atomic mass is 16.6. The van der Waals surface area contributed by atoms with Gasteiger partial charge in [0.1, 0.15) is 18.5 Å². The second-order valence-corrected chi connectivity index (χ2v) is 16.4. The van der Waals surface area contributed by atoms with Gasteiger partial charge in [0, 0.05) is 69.8 Å². The average molecular weight is 850 g/mol. The molecule has 11 nitrogen and oxygen atoms in total. The molecule has 0 unspecified atom stereocenters. The number of aromatic nitrogens is 1. The van der Waals surface area contributed by atoms with Crippen molar-refractivity contribution >= 4 is 28.6 Å². The second kappa shape index (κ2) is 22.7. The number of piperidine rings is 1. The van der Waals surface area contributed by atoms with E-state index in [9.17, 15) is 19.5 Å². The summed E-state index contributed by atoms with van der Waals surface area (Å²) < 4.78 is 12.0. The molecule has 0 saturated carbocycles. The van der Waals surface area contributed by atoms with Crippen molar-refractivity contribution in [2.45, 2.75) is 63.9 Å². The predicted molar refractivity (Wildman–Crippen MR) is 250 cm³/mol. The molecule has 11 heteroatoms. The Hall–Kier alpha value is -6.27. The van der Waals surface area contributed by atoms with Crippen LogP contribution in [0.4, 0.5) is 10.5 Å². The van der Waals surface area contributed by atoms with Crippen LogP contribution in [0.5, 0.6) is 5.75 Å². The van der Waals surface area contributed by atoms with Gasteiger partial charge in [-0.3, -0.25) is 19.8 Å². The van der Waals surface area contributed by atoms with E-state index in [1.807, 2.05) is 127 Å². The Morgan fingerprint density at radius 1 is 0.794 bits per heavy atom. The Bertz CT molecular complexity index is 2420. The SMILES string of the molecule is CN(CCN1CCC(OC(=O)Nc2ccccc2-c2ccccc2)CC1)C(=O)CCCCCN(Cc1ccccc1)C[C@@H](O)c1ccc(OCc2ccccc2)c2[nH]c(=O)ccc12. The molecule has 0 radical (unpaired) electrons. The number of ether oxygens (including phenoxy) is 2. The van der Waals surface area contributed by atoms with Gasteiger partial charge in [-0.1, -0.05) is 122 Å². The van der Waals surface area contributed by atoms with Crippen molar-refractivity contribution < 1.29 is 24.2 Å². The number of hydrogen-bond acceptors (Lipinski definition) is 8. The number of likely N-dealkylation sites (N-methyl/N-ethyl adjacent to an activating group) is 1. The van der Waals surface area contributed by atoms with Crippen molar-refractivity contribution in [1.29, 1.82) is 0 Å². The fraction of sp³-hybridized carbons (Fsp3) is 0.327. The van der Waals surface area contributed by atoms with Crippen LogP contribution in [0, 0.1) is 0 Å². The fourth-order valence-corrected chi connectivity index (χ4v) is 8.21. The molecule has 328 valence electrons. The number of amides is 2. The van der Waals surface area contributed by atoms with Crippen LogP contribution in [-0.4, -0.2) is 89.2 Å². The number of carbonyl (C=O) groups is 2. The number of anilines is 1. The van der Waals surface area contributed by atoms with E-state index in [2.05, 4.69) is 32.2 Å². The van der Waals surface area contributed by atoms with Crippen molar-refractivity contribution in [2.75, 3.05) is 51.6 Å². The first-order chi connectivity index (χ1) is 30.8. The zero-order chi connectivity index (χ0) is 43.8. The van der Waals surface area contributed by atoms with Gasteiger partial charge < -0.3 is 29.4 Å². The molecule has 0 bridgehead atoms. The molecule has 5 aromatic carbocycles. The fourth-order valence-electron chi connectivity index (χ4n) is 8.21. The molecular formula is C52H59N5O6. The molecule has 1 fully saturated rings. The Morgan fingerprint density at radius 3 is 2.22 bits per heavy atom. The van der Waals surface area contributed by atoms with Gasteiger partial charge in [-0.2, -0.15) is 0 Å². The van der Waals surface area contributed by atoms with Crippen LogP contribution in [-0.2, 0) is 22.7 Å². The van der Waals surface area contributed by atoms with Crippen molar-refractivity contribution in [1.82, 2.24) is 19.7 Å². The number of nitrogens with zero attached hydrogens (tertiary/aromatic N) is 3. The Kier molecular flexibility index (Phi) is 16.1. The molecule has 2 heterocycles. The number of nitrogens with one attached hydrogen (secondary N) is 2. The molecule has 0 aliphatic carbocycles. The third-order valence-corrected chi connectivity index (χ3v) is 11.8. The second-order valence-electron chi connectivity index (χ2n) is 16.4. The van der Waals surface area contributed by atoms with Crippen LogP contribution in [0.3, 0.4) is 0 Å². The lowest BCUT2D eigenvalue weighted by atomic mass is 10.0. The van der Waals surface area contributed by atoms with Crippen molar-refractivity contribution in [3.05, 3.63) is 167 Å². The van der Waals surface area contributed by atoms with Crippen LogP contribution in [0.1, 0.15) is 61.3 Å². The summed E-state index contributed by atoms with van der Waals surface area (Å²) in [6.07, 6.45) is 3.13. The number of aliphatic hydroxyl groups excluding tert-OH is 1. The minimum atomic E-state index is -0.813. The average Bonchev–Trinajstić information content (AvgIpc) is 3.31. The molecule has 1 saturated heterocycles. The lowest BCUT2D eigenvalue weighted by molar-refractivity contribution is -0.130. The molecule has 3 N–H and O–H groups in total. The van der Waals surface area contributed by atoms with Gasteiger partial charge in [-0.15, -0.1) is 0 Å². The normalized spacial score (nSPS) is 13.8. The zero-order valence-electron chi connectivity index (χ0n) is 36.2. The molecule has 7 rings (SSSR count). The number of carbonyl (C=O) groups excluding carboxylic acids is 2. The van der Waals surface area contributed by atoms with Gasteiger partial charge >= 0.3 is 6.09 Å². The van der Waals surface area contributed by atoms with Crippen molar-refractivity contribution in [2.24, 2.45) is 0 Å². The Morgan fingerprint density at radius 2 is 1.48 bits per heavy atom. The summed E-state index contributed by atoms with van der Waals surface area (Å²) in [6.45, 7) is 5.21. The summed E-state index contributed by atoms with van der Waals surface area (Å²) >= 11 is 0. The summed E-state index contributed by atoms with van der Waals surface area (Å²) in [5.74, 6) is 0.692. The Labute approximate surface area is 370 Å². The number of H-pyrrole nitrogens is 1. The number of likely N-dealkylation sites (tertiary alicyclic amines) is 1. The van der Waals surface area contributed by atoms with Gasteiger partial charge in [0.05, 0.1) is 17.3 Å². The molecule has 6 aromatic rings. The third-order valence-electron chi connectivity index (χ3n) is 11.8. The van der Waals surface area contributed by atoms with E-state index in [0.29, 0.717) is 43.9 Å². The van der Waals surface area contributed by atoms with Crippen LogP contribution in [0.25, 0.3) is 22.0 Å². The number of pyridine rings is 1. The smallest absolute Gasteiger partial charge is 0.411 e. The first kappa shape index (κ1) is 44.8. The van der Waals surface area contributed by atoms with Gasteiger partial charge in [-0.05, 0) is 72.7 Å². The standard InChI is InChI=1S/C52H59N5O6/c1-55(34-35-56-32-29-42(30-33-56)63-52(61)53-46-23-14-13-22-43(46)41-20-10-4-11-21-41)50(60)24-12-5-15-31-57(36-39-16-6-2-7-17-39)37-47(58)44-25-27-48(51-45(44)26-28-49(59)54-51)62-38-40-18-8-3-9-19-40/h2-4,6-11,13-14,16-23,25-28,42,47,58H,5,12,15,24,29-38H2,1H3,(H,53,61)(H,54,59)/t47-/m1/s1. The number of aliphatic hydroxyl groups is 1. The van der Waals surface area contributed by atoms with E-state index in [-0.39, 0.29) is 17.6 Å². The number of unbranched alkanes of at least 4 members (excludes halogenated alkanes) is 2. The highest BCUT2D eigenvalue weighted by molar-refractivity contribution is 5.91. The van der Waals surface area contributed by atoms with Gasteiger partial charge in [0.2, 0.25) is 11.5 Å². The molecule has 63 heavy (non-hydrogen) atoms. The van der Waals surface area contributed by atoms with Crippen molar-refractivity contribution in [3.8, 4) is 16.9 Å². The van der Waals surface area contributed by atoms with Crippen LogP contribution >= 0.6 is 0 Å². The van der Waals surface area contributed by atoms with Gasteiger partial charge in [-0.25, -0.2) is 4.79 Å². The van der Waals surface area contributed by atoms with E-state index in [1.54, 1.807) is 6.07 Å². The predicted octanol–water partition coefficient (Wildman–Crippen LogP) is 9.04. The topological polar surface area (TPSA) is 127 Å². The number of hydrogen-bond donors (Lipinski definition) is 3. The van der Waals surface area contributed by atoms with E-state index < -0.39 is 12.2 Å². The number of benzene rings is 5. The third kappa shape index (κ3) is 13.1. The molecule has 1 atom stereocenters. The summed E-state index contributed by atoms with van der Waals surface area (Å²) in [5, 5.41) is 15.4. The van der Waals surface area contributed by atoms with E-state index in [1.165, 1.54) is 6.07 Å².